The molecule has 0 aliphatic carbocycles. The summed E-state index contributed by atoms with van der Waals surface area (Å²) in [4.78, 5) is 2.43. The topological polar surface area (TPSA) is 33.1 Å². The second-order valence-corrected chi connectivity index (χ2v) is 6.92. The lowest BCUT2D eigenvalue weighted by atomic mass is 9.80. The summed E-state index contributed by atoms with van der Waals surface area (Å²) < 4.78 is 1.99. The summed E-state index contributed by atoms with van der Waals surface area (Å²) in [6, 6.07) is 0.375. The van der Waals surface area contributed by atoms with Crippen LogP contribution in [0.25, 0.3) is 0 Å². The van der Waals surface area contributed by atoms with Crippen molar-refractivity contribution in [3.05, 3.63) is 17.0 Å². The van der Waals surface area contributed by atoms with Crippen molar-refractivity contribution in [3.63, 3.8) is 0 Å². The summed E-state index contributed by atoms with van der Waals surface area (Å²) >= 11 is 0. The Hall–Kier alpha value is -0.870. The number of nitrogens with zero attached hydrogens (tertiary/aromatic N) is 3. The first-order valence-corrected chi connectivity index (χ1v) is 7.74. The molecule has 0 spiro atoms. The molecule has 1 fully saturated rings. The van der Waals surface area contributed by atoms with E-state index in [0.29, 0.717) is 11.5 Å². The Kier molecular flexibility index (Phi) is 4.55. The maximum absolute atomic E-state index is 4.52. The number of aromatic nitrogens is 2. The molecule has 0 saturated carbocycles. The van der Waals surface area contributed by atoms with Crippen LogP contribution in [0, 0.1) is 19.3 Å². The molecule has 4 heteroatoms. The van der Waals surface area contributed by atoms with E-state index in [9.17, 15) is 0 Å². The van der Waals surface area contributed by atoms with Crippen LogP contribution < -0.4 is 5.32 Å². The molecule has 1 aromatic heterocycles. The van der Waals surface area contributed by atoms with Crippen LogP contribution in [0.1, 0.15) is 49.7 Å². The minimum Gasteiger partial charge on any atom is -0.310 e. The van der Waals surface area contributed by atoms with Crippen LogP contribution in [0.15, 0.2) is 0 Å². The Morgan fingerprint density at radius 2 is 1.85 bits per heavy atom. The van der Waals surface area contributed by atoms with E-state index in [-0.39, 0.29) is 0 Å². The summed E-state index contributed by atoms with van der Waals surface area (Å²) in [5.74, 6) is 0. The van der Waals surface area contributed by atoms with Crippen LogP contribution in [0.4, 0.5) is 0 Å². The number of likely N-dealkylation sites (tertiary alicyclic amines) is 1. The minimum absolute atomic E-state index is 0.375. The molecular formula is C16H30N4. The maximum Gasteiger partial charge on any atom is 0.0644 e. The van der Waals surface area contributed by atoms with E-state index in [1.807, 2.05) is 11.7 Å². The van der Waals surface area contributed by atoms with Crippen molar-refractivity contribution in [3.8, 4) is 0 Å². The number of nitrogens with one attached hydrogen (secondary N) is 1. The van der Waals surface area contributed by atoms with Crippen molar-refractivity contribution in [2.45, 2.75) is 46.6 Å². The van der Waals surface area contributed by atoms with E-state index in [4.69, 9.17) is 0 Å². The predicted octanol–water partition coefficient (Wildman–Crippen LogP) is 2.42. The molecule has 0 aromatic carbocycles. The summed E-state index contributed by atoms with van der Waals surface area (Å²) in [5.41, 5.74) is 4.23. The van der Waals surface area contributed by atoms with E-state index in [1.54, 1.807) is 0 Å². The molecule has 0 radical (unpaired) electrons. The average molecular weight is 278 g/mol. The molecule has 1 aliphatic heterocycles. The van der Waals surface area contributed by atoms with Gasteiger partial charge in [0, 0.05) is 30.9 Å². The zero-order chi connectivity index (χ0) is 14.9. The SMILES string of the molecule is Cc1nn(C)c(C)c1C(C)NCC1(C)CCN(C)CC1. The van der Waals surface area contributed by atoms with Gasteiger partial charge in [0.1, 0.15) is 0 Å². The highest BCUT2D eigenvalue weighted by Gasteiger charge is 2.29. The van der Waals surface area contributed by atoms with Crippen LogP contribution in [-0.2, 0) is 7.05 Å². The zero-order valence-corrected chi connectivity index (χ0v) is 14.0. The number of piperidine rings is 1. The molecule has 0 bridgehead atoms. The first-order valence-electron chi connectivity index (χ1n) is 7.74. The average Bonchev–Trinajstić information content (AvgIpc) is 2.65. The van der Waals surface area contributed by atoms with Crippen LogP contribution in [0.3, 0.4) is 0 Å². The van der Waals surface area contributed by atoms with Crippen molar-refractivity contribution < 1.29 is 0 Å². The third kappa shape index (κ3) is 3.23. The predicted molar refractivity (Wildman–Crippen MR) is 83.9 cm³/mol. The molecule has 2 heterocycles. The molecule has 1 aromatic rings. The minimum atomic E-state index is 0.375. The maximum atomic E-state index is 4.52. The van der Waals surface area contributed by atoms with E-state index in [2.05, 4.69) is 50.1 Å². The van der Waals surface area contributed by atoms with Crippen LogP contribution >= 0.6 is 0 Å². The second kappa shape index (κ2) is 5.86. The first kappa shape index (κ1) is 15.5. The van der Waals surface area contributed by atoms with Crippen molar-refractivity contribution in [1.29, 1.82) is 0 Å². The van der Waals surface area contributed by atoms with Crippen molar-refractivity contribution in [2.75, 3.05) is 26.7 Å². The smallest absolute Gasteiger partial charge is 0.0644 e. The highest BCUT2D eigenvalue weighted by atomic mass is 15.3. The Balaban J connectivity index is 1.96. The van der Waals surface area contributed by atoms with Gasteiger partial charge in [-0.15, -0.1) is 0 Å². The van der Waals surface area contributed by atoms with Crippen LogP contribution in [0.2, 0.25) is 0 Å². The van der Waals surface area contributed by atoms with Crippen molar-refractivity contribution in [2.24, 2.45) is 12.5 Å². The standard InChI is InChI=1S/C16H30N4/c1-12(15-13(2)18-20(6)14(15)3)17-11-16(4)7-9-19(5)10-8-16/h12,17H,7-11H2,1-6H3. The first-order chi connectivity index (χ1) is 9.32. The fourth-order valence-electron chi connectivity index (χ4n) is 3.25. The van der Waals surface area contributed by atoms with Crippen LogP contribution in [0.5, 0.6) is 0 Å². The van der Waals surface area contributed by atoms with Crippen LogP contribution in [-0.4, -0.2) is 41.4 Å². The molecule has 1 N–H and O–H groups in total. The molecule has 0 amide bonds. The quantitative estimate of drug-likeness (QED) is 0.918. The highest BCUT2D eigenvalue weighted by Crippen LogP contribution is 2.30. The monoisotopic (exact) mass is 278 g/mol. The summed E-state index contributed by atoms with van der Waals surface area (Å²) in [5, 5.41) is 8.27. The largest absolute Gasteiger partial charge is 0.310 e. The Labute approximate surface area is 123 Å². The van der Waals surface area contributed by atoms with Gasteiger partial charge in [0.15, 0.2) is 0 Å². The Bertz CT molecular complexity index is 455. The van der Waals surface area contributed by atoms with Gasteiger partial charge in [-0.25, -0.2) is 0 Å². The van der Waals surface area contributed by atoms with E-state index >= 15 is 0 Å². The lowest BCUT2D eigenvalue weighted by Crippen LogP contribution is -2.42. The molecule has 1 aliphatic rings. The van der Waals surface area contributed by atoms with E-state index < -0.39 is 0 Å². The van der Waals surface area contributed by atoms with Gasteiger partial charge in [-0.05, 0) is 59.2 Å². The second-order valence-electron chi connectivity index (χ2n) is 6.92. The third-order valence-electron chi connectivity index (χ3n) is 5.03. The van der Waals surface area contributed by atoms with Crippen molar-refractivity contribution in [1.82, 2.24) is 20.0 Å². The fraction of sp³-hybridized carbons (Fsp3) is 0.812. The van der Waals surface area contributed by atoms with Gasteiger partial charge in [-0.2, -0.15) is 5.10 Å². The molecule has 4 nitrogen and oxygen atoms in total. The van der Waals surface area contributed by atoms with Gasteiger partial charge in [-0.1, -0.05) is 6.92 Å². The zero-order valence-electron chi connectivity index (χ0n) is 14.0. The number of hydrogen-bond donors (Lipinski definition) is 1. The molecular weight excluding hydrogens is 248 g/mol. The summed E-state index contributed by atoms with van der Waals surface area (Å²) in [6.45, 7) is 12.5. The van der Waals surface area contributed by atoms with Gasteiger partial charge in [0.2, 0.25) is 0 Å². The highest BCUT2D eigenvalue weighted by molar-refractivity contribution is 5.27. The van der Waals surface area contributed by atoms with Gasteiger partial charge in [0.25, 0.3) is 0 Å². The van der Waals surface area contributed by atoms with Crippen molar-refractivity contribution >= 4 is 0 Å². The van der Waals surface area contributed by atoms with Gasteiger partial charge >= 0.3 is 0 Å². The van der Waals surface area contributed by atoms with E-state index in [0.717, 1.165) is 12.2 Å². The van der Waals surface area contributed by atoms with Gasteiger partial charge in [0.05, 0.1) is 5.69 Å². The fourth-order valence-corrected chi connectivity index (χ4v) is 3.25. The third-order valence-corrected chi connectivity index (χ3v) is 5.03. The molecule has 114 valence electrons. The normalized spacial score (nSPS) is 21.1. The Morgan fingerprint density at radius 1 is 1.25 bits per heavy atom. The number of rotatable bonds is 4. The molecule has 1 unspecified atom stereocenters. The van der Waals surface area contributed by atoms with Gasteiger partial charge in [-0.3, -0.25) is 4.68 Å². The molecule has 1 atom stereocenters. The molecule has 1 saturated heterocycles. The van der Waals surface area contributed by atoms with Gasteiger partial charge < -0.3 is 10.2 Å². The Morgan fingerprint density at radius 3 is 2.35 bits per heavy atom. The molecule has 2 rings (SSSR count). The van der Waals surface area contributed by atoms with E-state index in [1.165, 1.54) is 37.2 Å². The summed E-state index contributed by atoms with van der Waals surface area (Å²) in [7, 11) is 4.24. The lowest BCUT2D eigenvalue weighted by molar-refractivity contribution is 0.134. The summed E-state index contributed by atoms with van der Waals surface area (Å²) in [6.07, 6.45) is 2.57. The lowest BCUT2D eigenvalue weighted by Gasteiger charge is -2.38. The number of aryl methyl sites for hydroxylation is 2. The molecule has 20 heavy (non-hydrogen) atoms. The number of hydrogen-bond acceptors (Lipinski definition) is 3.